The highest BCUT2D eigenvalue weighted by Gasteiger charge is 2.28. The maximum atomic E-state index is 13.7. The lowest BCUT2D eigenvalue weighted by Gasteiger charge is -2.31. The van der Waals surface area contributed by atoms with Gasteiger partial charge in [-0.2, -0.15) is 4.98 Å². The topological polar surface area (TPSA) is 110 Å². The number of para-hydroxylation sites is 2. The second-order valence-corrected chi connectivity index (χ2v) is 9.61. The molecule has 1 fully saturated rings. The molecule has 3 heterocycles. The standard InChI is InChI=1S/C28H30ClN7O2/c1-3-4-14-36-25(26(31-2)34-28(36)35-13-7-8-19(30)17-35)27(37)32-16-22-20-15-18(29)11-12-23(20)38-24-10-6-5-9-21(24)33-22/h5-6,9-12,15,19,31H,7-8,13-14,16-17,30H2,1-2H3,(H,32,37). The largest absolute Gasteiger partial charge is 0.454 e. The van der Waals surface area contributed by atoms with Gasteiger partial charge in [0.25, 0.3) is 5.91 Å². The zero-order chi connectivity index (χ0) is 26.6. The van der Waals surface area contributed by atoms with Gasteiger partial charge < -0.3 is 26.0 Å². The molecule has 196 valence electrons. The van der Waals surface area contributed by atoms with E-state index < -0.39 is 0 Å². The van der Waals surface area contributed by atoms with E-state index in [4.69, 9.17) is 32.0 Å². The smallest absolute Gasteiger partial charge is 0.272 e. The van der Waals surface area contributed by atoms with Crippen LogP contribution in [0.2, 0.25) is 5.02 Å². The number of fused-ring (bicyclic) bond motifs is 2. The number of hydrogen-bond acceptors (Lipinski definition) is 7. The van der Waals surface area contributed by atoms with Crippen molar-refractivity contribution < 1.29 is 9.53 Å². The highest BCUT2D eigenvalue weighted by molar-refractivity contribution is 6.31. The van der Waals surface area contributed by atoms with Crippen LogP contribution in [0.15, 0.2) is 47.5 Å². The van der Waals surface area contributed by atoms with E-state index in [1.54, 1.807) is 26.1 Å². The van der Waals surface area contributed by atoms with E-state index in [1.165, 1.54) is 0 Å². The van der Waals surface area contributed by atoms with Crippen LogP contribution in [-0.4, -0.2) is 53.9 Å². The first-order valence-electron chi connectivity index (χ1n) is 12.6. The number of benzene rings is 2. The third-order valence-electron chi connectivity index (χ3n) is 6.56. The van der Waals surface area contributed by atoms with E-state index in [2.05, 4.69) is 27.4 Å². The summed E-state index contributed by atoms with van der Waals surface area (Å²) in [4.78, 5) is 25.4. The SMILES string of the molecule is CC#CCn1c(N2CCCC(N)C2)nc(NC)c1C(=O)NCC1=Nc2ccccc2Oc2ccc(Cl)cc21. The molecule has 0 saturated carbocycles. The normalized spacial score (nSPS) is 16.2. The van der Waals surface area contributed by atoms with Crippen LogP contribution in [0.25, 0.3) is 0 Å². The minimum Gasteiger partial charge on any atom is -0.454 e. The van der Waals surface area contributed by atoms with Crippen molar-refractivity contribution in [1.82, 2.24) is 14.9 Å². The Labute approximate surface area is 227 Å². The molecule has 1 unspecified atom stereocenters. The molecule has 1 aromatic heterocycles. The highest BCUT2D eigenvalue weighted by atomic mass is 35.5. The molecular weight excluding hydrogens is 502 g/mol. The number of aliphatic imine (C=N–C) groups is 1. The third-order valence-corrected chi connectivity index (χ3v) is 6.80. The van der Waals surface area contributed by atoms with Crippen molar-refractivity contribution in [2.45, 2.75) is 32.4 Å². The number of nitrogens with two attached hydrogens (primary N) is 1. The van der Waals surface area contributed by atoms with Gasteiger partial charge in [0.2, 0.25) is 5.95 Å². The summed E-state index contributed by atoms with van der Waals surface area (Å²) in [5, 5.41) is 6.68. The van der Waals surface area contributed by atoms with Crippen LogP contribution in [0.5, 0.6) is 11.5 Å². The molecule has 38 heavy (non-hydrogen) atoms. The van der Waals surface area contributed by atoms with Crippen LogP contribution in [0, 0.1) is 11.8 Å². The van der Waals surface area contributed by atoms with E-state index in [1.807, 2.05) is 34.9 Å². The van der Waals surface area contributed by atoms with E-state index in [0.717, 1.165) is 24.9 Å². The number of carbonyl (C=O) groups is 1. The second kappa shape index (κ2) is 11.2. The first-order chi connectivity index (χ1) is 18.5. The number of ether oxygens (including phenoxy) is 1. The molecule has 3 aromatic rings. The molecule has 1 atom stereocenters. The van der Waals surface area contributed by atoms with Gasteiger partial charge in [-0.3, -0.25) is 9.36 Å². The lowest BCUT2D eigenvalue weighted by Crippen LogP contribution is -2.44. The van der Waals surface area contributed by atoms with Crippen molar-refractivity contribution in [3.8, 4) is 23.3 Å². The fourth-order valence-electron chi connectivity index (χ4n) is 4.75. The molecule has 2 aliphatic rings. The molecule has 2 aromatic carbocycles. The van der Waals surface area contributed by atoms with E-state index >= 15 is 0 Å². The summed E-state index contributed by atoms with van der Waals surface area (Å²) < 4.78 is 7.97. The lowest BCUT2D eigenvalue weighted by molar-refractivity contribution is 0.0951. The number of aromatic nitrogens is 2. The predicted octanol–water partition coefficient (Wildman–Crippen LogP) is 4.19. The van der Waals surface area contributed by atoms with Crippen LogP contribution in [0.4, 0.5) is 17.5 Å². The number of piperidine rings is 1. The van der Waals surface area contributed by atoms with Gasteiger partial charge in [0.15, 0.2) is 17.3 Å². The zero-order valence-electron chi connectivity index (χ0n) is 21.4. The number of amides is 1. The van der Waals surface area contributed by atoms with Crippen LogP contribution < -0.4 is 26.0 Å². The number of anilines is 2. The van der Waals surface area contributed by atoms with Gasteiger partial charge in [0.1, 0.15) is 11.4 Å². The van der Waals surface area contributed by atoms with Gasteiger partial charge in [-0.15, -0.1) is 5.92 Å². The maximum Gasteiger partial charge on any atom is 0.272 e. The Kier molecular flexibility index (Phi) is 7.54. The summed E-state index contributed by atoms with van der Waals surface area (Å²) in [6, 6.07) is 13.0. The average Bonchev–Trinajstić information content (AvgIpc) is 3.22. The highest BCUT2D eigenvalue weighted by Crippen LogP contribution is 2.38. The maximum absolute atomic E-state index is 13.7. The van der Waals surface area contributed by atoms with E-state index in [0.29, 0.717) is 58.5 Å². The van der Waals surface area contributed by atoms with E-state index in [9.17, 15) is 4.79 Å². The Morgan fingerprint density at radius 1 is 1.26 bits per heavy atom. The van der Waals surface area contributed by atoms with Gasteiger partial charge in [0.05, 0.1) is 18.8 Å². The molecule has 0 spiro atoms. The molecule has 9 nitrogen and oxygen atoms in total. The average molecular weight is 532 g/mol. The molecular formula is C28H30ClN7O2. The van der Waals surface area contributed by atoms with Gasteiger partial charge >= 0.3 is 0 Å². The monoisotopic (exact) mass is 531 g/mol. The summed E-state index contributed by atoms with van der Waals surface area (Å²) in [6.45, 7) is 3.76. The van der Waals surface area contributed by atoms with Crippen LogP contribution in [0.1, 0.15) is 35.8 Å². The van der Waals surface area contributed by atoms with Crippen molar-refractivity contribution in [3.05, 3.63) is 58.7 Å². The molecule has 1 saturated heterocycles. The van der Waals surface area contributed by atoms with E-state index in [-0.39, 0.29) is 18.5 Å². The lowest BCUT2D eigenvalue weighted by atomic mass is 10.1. The van der Waals surface area contributed by atoms with Crippen molar-refractivity contribution in [3.63, 3.8) is 0 Å². The third kappa shape index (κ3) is 5.19. The van der Waals surface area contributed by atoms with Crippen molar-refractivity contribution in [2.24, 2.45) is 10.7 Å². The van der Waals surface area contributed by atoms with Crippen molar-refractivity contribution in [2.75, 3.05) is 36.9 Å². The van der Waals surface area contributed by atoms with Gasteiger partial charge in [-0.05, 0) is 50.1 Å². The Hall–Kier alpha value is -4.00. The first-order valence-corrected chi connectivity index (χ1v) is 13.0. The molecule has 2 aliphatic heterocycles. The number of carbonyl (C=O) groups excluding carboxylic acids is 1. The first kappa shape index (κ1) is 25.6. The molecule has 0 bridgehead atoms. The second-order valence-electron chi connectivity index (χ2n) is 9.17. The van der Waals surface area contributed by atoms with Crippen molar-refractivity contribution in [1.29, 1.82) is 0 Å². The minimum atomic E-state index is -0.294. The number of imidazole rings is 1. The molecule has 1 amide bonds. The van der Waals surface area contributed by atoms with Crippen LogP contribution >= 0.6 is 11.6 Å². The summed E-state index contributed by atoms with van der Waals surface area (Å²) in [7, 11) is 1.75. The van der Waals surface area contributed by atoms with Crippen LogP contribution in [0.3, 0.4) is 0 Å². The Balaban J connectivity index is 1.48. The Morgan fingerprint density at radius 3 is 2.89 bits per heavy atom. The molecule has 5 rings (SSSR count). The molecule has 0 radical (unpaired) electrons. The molecule has 0 aliphatic carbocycles. The zero-order valence-corrected chi connectivity index (χ0v) is 22.2. The number of halogens is 1. The fraction of sp³-hybridized carbons (Fsp3) is 0.321. The van der Waals surface area contributed by atoms with Crippen LogP contribution in [-0.2, 0) is 6.54 Å². The molecule has 4 N–H and O–H groups in total. The number of nitrogens with one attached hydrogen (secondary N) is 2. The van der Waals surface area contributed by atoms with Gasteiger partial charge in [-0.25, -0.2) is 4.99 Å². The molecule has 10 heteroatoms. The summed E-state index contributed by atoms with van der Waals surface area (Å²) in [5.74, 6) is 8.14. The Bertz CT molecular complexity index is 1450. The van der Waals surface area contributed by atoms with Gasteiger partial charge in [0, 0.05) is 36.8 Å². The number of nitrogens with zero attached hydrogens (tertiary/aromatic N) is 4. The Morgan fingerprint density at radius 2 is 2.11 bits per heavy atom. The minimum absolute atomic E-state index is 0.0618. The van der Waals surface area contributed by atoms with Crippen molar-refractivity contribution >= 4 is 40.7 Å². The number of hydrogen-bond donors (Lipinski definition) is 3. The fourth-order valence-corrected chi connectivity index (χ4v) is 4.92. The van der Waals surface area contributed by atoms with Gasteiger partial charge in [-0.1, -0.05) is 29.7 Å². The quantitative estimate of drug-likeness (QED) is 0.412. The summed E-state index contributed by atoms with van der Waals surface area (Å²) >= 11 is 6.32. The number of rotatable bonds is 6. The predicted molar refractivity (Wildman–Crippen MR) is 151 cm³/mol. The summed E-state index contributed by atoms with van der Waals surface area (Å²) in [6.07, 6.45) is 1.94. The summed E-state index contributed by atoms with van der Waals surface area (Å²) in [5.41, 5.74) is 8.67.